The van der Waals surface area contributed by atoms with E-state index < -0.39 is 11.9 Å². The fourth-order valence-corrected chi connectivity index (χ4v) is 2.74. The van der Waals surface area contributed by atoms with E-state index in [1.807, 2.05) is 13.8 Å². The fourth-order valence-electron chi connectivity index (χ4n) is 2.03. The van der Waals surface area contributed by atoms with Gasteiger partial charge in [0.2, 0.25) is 5.91 Å². The summed E-state index contributed by atoms with van der Waals surface area (Å²) in [5.74, 6) is -0.544. The molecular formula is C13H15BrFN3OS. The predicted molar refractivity (Wildman–Crippen MR) is 82.8 cm³/mol. The molecule has 1 unspecified atom stereocenters. The number of aromatic amines is 1. The molecule has 108 valence electrons. The molecule has 0 bridgehead atoms. The number of rotatable bonds is 3. The molecule has 0 fully saturated rings. The van der Waals surface area contributed by atoms with Crippen molar-refractivity contribution >= 4 is 45.1 Å². The molecular weight excluding hydrogens is 345 g/mol. The van der Waals surface area contributed by atoms with Crippen LogP contribution < -0.4 is 5.32 Å². The van der Waals surface area contributed by atoms with E-state index in [4.69, 9.17) is 12.2 Å². The summed E-state index contributed by atoms with van der Waals surface area (Å²) >= 11 is 8.37. The molecule has 0 aliphatic heterocycles. The summed E-state index contributed by atoms with van der Waals surface area (Å²) in [5.41, 5.74) is 1.26. The Morgan fingerprint density at radius 1 is 1.45 bits per heavy atom. The Morgan fingerprint density at radius 3 is 2.70 bits per heavy atom. The zero-order chi connectivity index (χ0) is 15.0. The normalized spacial score (nSPS) is 12.9. The smallest absolute Gasteiger partial charge is 0.243 e. The van der Waals surface area contributed by atoms with Crippen LogP contribution in [0.25, 0.3) is 11.0 Å². The number of H-pyrrole nitrogens is 1. The van der Waals surface area contributed by atoms with Gasteiger partial charge in [-0.25, -0.2) is 4.39 Å². The molecule has 0 aliphatic rings. The summed E-state index contributed by atoms with van der Waals surface area (Å²) in [6.45, 7) is 5.51. The van der Waals surface area contributed by atoms with E-state index in [0.29, 0.717) is 20.3 Å². The van der Waals surface area contributed by atoms with E-state index in [9.17, 15) is 9.18 Å². The van der Waals surface area contributed by atoms with E-state index in [1.165, 1.54) is 6.07 Å². The average Bonchev–Trinajstić information content (AvgIpc) is 2.63. The number of hydrogen-bond acceptors (Lipinski definition) is 2. The van der Waals surface area contributed by atoms with Gasteiger partial charge in [-0.2, -0.15) is 0 Å². The van der Waals surface area contributed by atoms with E-state index in [0.717, 1.165) is 0 Å². The molecule has 2 rings (SSSR count). The van der Waals surface area contributed by atoms with Crippen molar-refractivity contribution in [2.45, 2.75) is 32.9 Å². The van der Waals surface area contributed by atoms with Crippen LogP contribution in [0.4, 0.5) is 4.39 Å². The third-order valence-electron chi connectivity index (χ3n) is 2.96. The van der Waals surface area contributed by atoms with Gasteiger partial charge >= 0.3 is 0 Å². The van der Waals surface area contributed by atoms with Crippen LogP contribution in [-0.4, -0.2) is 21.5 Å². The fraction of sp³-hybridized carbons (Fsp3) is 0.385. The number of imidazole rings is 1. The molecule has 0 aliphatic carbocycles. The van der Waals surface area contributed by atoms with E-state index in [-0.39, 0.29) is 11.9 Å². The topological polar surface area (TPSA) is 49.8 Å². The Labute approximate surface area is 129 Å². The second kappa shape index (κ2) is 5.65. The zero-order valence-electron chi connectivity index (χ0n) is 11.3. The third kappa shape index (κ3) is 2.78. The lowest BCUT2D eigenvalue weighted by molar-refractivity contribution is -0.124. The Balaban J connectivity index is 2.54. The second-order valence-corrected chi connectivity index (χ2v) is 6.16. The number of carbonyl (C=O) groups is 1. The minimum Gasteiger partial charge on any atom is -0.352 e. The monoisotopic (exact) mass is 359 g/mol. The summed E-state index contributed by atoms with van der Waals surface area (Å²) in [7, 11) is 0. The van der Waals surface area contributed by atoms with Crippen LogP contribution in [0.2, 0.25) is 0 Å². The molecule has 2 N–H and O–H groups in total. The van der Waals surface area contributed by atoms with Crippen LogP contribution >= 0.6 is 28.1 Å². The molecule has 0 radical (unpaired) electrons. The first-order valence-electron chi connectivity index (χ1n) is 6.21. The van der Waals surface area contributed by atoms with Crippen LogP contribution in [0.5, 0.6) is 0 Å². The zero-order valence-corrected chi connectivity index (χ0v) is 13.7. The van der Waals surface area contributed by atoms with Gasteiger partial charge in [-0.1, -0.05) is 0 Å². The first kappa shape index (κ1) is 15.2. The van der Waals surface area contributed by atoms with E-state index >= 15 is 0 Å². The highest BCUT2D eigenvalue weighted by Crippen LogP contribution is 2.25. The number of hydrogen-bond donors (Lipinski definition) is 2. The number of amides is 1. The van der Waals surface area contributed by atoms with E-state index in [2.05, 4.69) is 26.2 Å². The molecule has 1 aromatic carbocycles. The number of halogens is 2. The molecule has 0 saturated heterocycles. The van der Waals surface area contributed by atoms with Crippen LogP contribution in [0, 0.1) is 10.6 Å². The maximum Gasteiger partial charge on any atom is 0.243 e. The van der Waals surface area contributed by atoms with Crippen molar-refractivity contribution in [2.75, 3.05) is 0 Å². The molecule has 7 heteroatoms. The van der Waals surface area contributed by atoms with Gasteiger partial charge in [0, 0.05) is 12.1 Å². The molecule has 1 amide bonds. The third-order valence-corrected chi connectivity index (χ3v) is 3.86. The predicted octanol–water partition coefficient (Wildman–Crippen LogP) is 3.69. The highest BCUT2D eigenvalue weighted by Gasteiger charge is 2.20. The second-order valence-electron chi connectivity index (χ2n) is 4.92. The lowest BCUT2D eigenvalue weighted by Crippen LogP contribution is -2.35. The van der Waals surface area contributed by atoms with E-state index in [1.54, 1.807) is 17.6 Å². The van der Waals surface area contributed by atoms with Crippen LogP contribution in [0.3, 0.4) is 0 Å². The van der Waals surface area contributed by atoms with Gasteiger partial charge in [0.1, 0.15) is 11.9 Å². The van der Waals surface area contributed by atoms with Gasteiger partial charge < -0.3 is 14.9 Å². The Hall–Kier alpha value is -1.21. The standard InChI is InChI=1S/C13H15BrFN3OS/c1-6(2)16-12(19)7(3)18-11-5-9(15)8(14)4-10(11)17-13(18)20/h4-7H,1-3H3,(H,16,19)(H,17,20). The van der Waals surface area contributed by atoms with Crippen LogP contribution in [-0.2, 0) is 4.79 Å². The highest BCUT2D eigenvalue weighted by atomic mass is 79.9. The lowest BCUT2D eigenvalue weighted by Gasteiger charge is -2.16. The maximum atomic E-state index is 13.7. The first-order valence-corrected chi connectivity index (χ1v) is 7.41. The van der Waals surface area contributed by atoms with Crippen molar-refractivity contribution in [1.29, 1.82) is 0 Å². The van der Waals surface area contributed by atoms with Crippen molar-refractivity contribution < 1.29 is 9.18 Å². The Morgan fingerprint density at radius 2 is 2.10 bits per heavy atom. The van der Waals surface area contributed by atoms with Crippen molar-refractivity contribution in [1.82, 2.24) is 14.9 Å². The average molecular weight is 360 g/mol. The molecule has 1 atom stereocenters. The number of benzene rings is 1. The molecule has 1 heterocycles. The number of nitrogens with zero attached hydrogens (tertiary/aromatic N) is 1. The summed E-state index contributed by atoms with van der Waals surface area (Å²) in [6.07, 6.45) is 0. The van der Waals surface area contributed by atoms with Gasteiger partial charge in [-0.3, -0.25) is 4.79 Å². The molecule has 20 heavy (non-hydrogen) atoms. The van der Waals surface area contributed by atoms with Gasteiger partial charge in [-0.15, -0.1) is 0 Å². The minimum atomic E-state index is -0.515. The van der Waals surface area contributed by atoms with Gasteiger partial charge in [0.25, 0.3) is 0 Å². The van der Waals surface area contributed by atoms with Gasteiger partial charge in [-0.05, 0) is 55.0 Å². The number of carbonyl (C=O) groups excluding carboxylic acids is 1. The summed E-state index contributed by atoms with van der Waals surface area (Å²) < 4.78 is 16.1. The van der Waals surface area contributed by atoms with Crippen molar-refractivity contribution in [3.8, 4) is 0 Å². The first-order chi connectivity index (χ1) is 9.31. The van der Waals surface area contributed by atoms with Crippen molar-refractivity contribution in [2.24, 2.45) is 0 Å². The Bertz CT molecular complexity index is 722. The highest BCUT2D eigenvalue weighted by molar-refractivity contribution is 9.10. The van der Waals surface area contributed by atoms with Crippen LogP contribution in [0.1, 0.15) is 26.8 Å². The molecule has 4 nitrogen and oxygen atoms in total. The Kier molecular flexibility index (Phi) is 4.29. The summed E-state index contributed by atoms with van der Waals surface area (Å²) in [6, 6.07) is 2.50. The SMILES string of the molecule is CC(C)NC(=O)C(C)n1c(=S)[nH]c2cc(Br)c(F)cc21. The van der Waals surface area contributed by atoms with Gasteiger partial charge in [0.15, 0.2) is 4.77 Å². The summed E-state index contributed by atoms with van der Waals surface area (Å²) in [5, 5.41) is 2.83. The lowest BCUT2D eigenvalue weighted by atomic mass is 10.2. The minimum absolute atomic E-state index is 0.0372. The molecule has 1 aromatic heterocycles. The number of aromatic nitrogens is 2. The van der Waals surface area contributed by atoms with Crippen LogP contribution in [0.15, 0.2) is 16.6 Å². The van der Waals surface area contributed by atoms with Gasteiger partial charge in [0.05, 0.1) is 15.5 Å². The molecule has 0 saturated carbocycles. The molecule has 2 aromatic rings. The quantitative estimate of drug-likeness (QED) is 0.821. The van der Waals surface area contributed by atoms with Crippen molar-refractivity contribution in [3.05, 3.63) is 27.2 Å². The summed E-state index contributed by atoms with van der Waals surface area (Å²) in [4.78, 5) is 15.1. The maximum absolute atomic E-state index is 13.7. The number of nitrogens with one attached hydrogen (secondary N) is 2. The number of fused-ring (bicyclic) bond motifs is 1. The largest absolute Gasteiger partial charge is 0.352 e. The van der Waals surface area contributed by atoms with Crippen molar-refractivity contribution in [3.63, 3.8) is 0 Å². The molecule has 0 spiro atoms.